The number of nitrogens with one attached hydrogen (secondary N) is 1. The Hall–Kier alpha value is -3.19. The molecule has 1 aliphatic heterocycles. The third-order valence-electron chi connectivity index (χ3n) is 4.85. The number of aromatic nitrogens is 1. The van der Waals surface area contributed by atoms with Gasteiger partial charge in [0.1, 0.15) is 17.6 Å². The molecule has 1 saturated heterocycles. The number of hydrogen-bond donors (Lipinski definition) is 2. The minimum absolute atomic E-state index is 0.127. The minimum atomic E-state index is -0.966. The maximum absolute atomic E-state index is 11.2. The number of aromatic carboxylic acids is 1. The molecule has 2 N–H and O–H groups in total. The molecule has 2 aromatic heterocycles. The van der Waals surface area contributed by atoms with E-state index in [9.17, 15) is 9.90 Å². The fourth-order valence-electron chi connectivity index (χ4n) is 3.53. The van der Waals surface area contributed by atoms with Crippen molar-refractivity contribution in [2.45, 2.75) is 19.0 Å². The van der Waals surface area contributed by atoms with Gasteiger partial charge in [-0.25, -0.2) is 4.79 Å². The summed E-state index contributed by atoms with van der Waals surface area (Å²) in [6.07, 6.45) is 1.76. The molecular formula is C21H19N3O3S. The maximum Gasteiger partial charge on any atom is 0.335 e. The molecule has 0 bridgehead atoms. The molecule has 3 aromatic rings. The summed E-state index contributed by atoms with van der Waals surface area (Å²) >= 11 is 5.52. The quantitative estimate of drug-likeness (QED) is 0.634. The van der Waals surface area contributed by atoms with Gasteiger partial charge in [-0.15, -0.1) is 0 Å². The summed E-state index contributed by atoms with van der Waals surface area (Å²) in [5.74, 6) is 0.402. The van der Waals surface area contributed by atoms with Gasteiger partial charge in [0.25, 0.3) is 0 Å². The Morgan fingerprint density at radius 3 is 2.82 bits per heavy atom. The number of thiocarbonyl (C=S) groups is 1. The molecule has 1 aliphatic rings. The Morgan fingerprint density at radius 1 is 1.25 bits per heavy atom. The van der Waals surface area contributed by atoms with E-state index >= 15 is 0 Å². The van der Waals surface area contributed by atoms with E-state index in [4.69, 9.17) is 16.6 Å². The van der Waals surface area contributed by atoms with Gasteiger partial charge < -0.3 is 19.7 Å². The number of carboxylic acid groups (broad SMARTS) is 1. The molecule has 0 radical (unpaired) electrons. The number of rotatable bonds is 5. The second kappa shape index (κ2) is 7.44. The summed E-state index contributed by atoms with van der Waals surface area (Å²) in [7, 11) is 0. The highest BCUT2D eigenvalue weighted by Gasteiger charge is 2.40. The average Bonchev–Trinajstić information content (AvgIpc) is 3.33. The highest BCUT2D eigenvalue weighted by Crippen LogP contribution is 2.40. The van der Waals surface area contributed by atoms with Crippen LogP contribution in [0.4, 0.5) is 0 Å². The number of pyridine rings is 1. The zero-order valence-electron chi connectivity index (χ0n) is 15.2. The molecule has 2 unspecified atom stereocenters. The second-order valence-corrected chi connectivity index (χ2v) is 6.89. The van der Waals surface area contributed by atoms with Crippen molar-refractivity contribution < 1.29 is 14.3 Å². The fraction of sp³-hybridized carbons (Fsp3) is 0.190. The number of hydrogen-bond acceptors (Lipinski definition) is 4. The van der Waals surface area contributed by atoms with Crippen molar-refractivity contribution in [2.24, 2.45) is 0 Å². The third-order valence-corrected chi connectivity index (χ3v) is 5.20. The number of likely N-dealkylation sites (N-methyl/N-ethyl adjacent to an activating group) is 1. The van der Waals surface area contributed by atoms with Crippen LogP contribution >= 0.6 is 12.2 Å². The summed E-state index contributed by atoms with van der Waals surface area (Å²) in [5.41, 5.74) is 1.83. The summed E-state index contributed by atoms with van der Waals surface area (Å²) in [6.45, 7) is 2.77. The largest absolute Gasteiger partial charge is 0.478 e. The van der Waals surface area contributed by atoms with Crippen molar-refractivity contribution in [2.75, 3.05) is 6.54 Å². The van der Waals surface area contributed by atoms with Crippen molar-refractivity contribution in [3.05, 3.63) is 77.8 Å². The van der Waals surface area contributed by atoms with Crippen molar-refractivity contribution in [1.29, 1.82) is 0 Å². The van der Waals surface area contributed by atoms with E-state index in [-0.39, 0.29) is 17.6 Å². The molecule has 4 rings (SSSR count). The van der Waals surface area contributed by atoms with E-state index in [1.54, 1.807) is 24.4 Å². The number of carbonyl (C=O) groups is 1. The topological polar surface area (TPSA) is 78.6 Å². The molecule has 1 fully saturated rings. The van der Waals surface area contributed by atoms with Crippen LogP contribution in [0.25, 0.3) is 11.3 Å². The molecule has 0 amide bonds. The highest BCUT2D eigenvalue weighted by atomic mass is 32.1. The molecule has 6 nitrogen and oxygen atoms in total. The number of furan rings is 1. The minimum Gasteiger partial charge on any atom is -0.478 e. The number of benzene rings is 1. The van der Waals surface area contributed by atoms with E-state index in [0.717, 1.165) is 23.6 Å². The molecule has 2 atom stereocenters. The van der Waals surface area contributed by atoms with E-state index in [0.29, 0.717) is 10.9 Å². The Labute approximate surface area is 167 Å². The van der Waals surface area contributed by atoms with Crippen LogP contribution in [0.5, 0.6) is 0 Å². The standard InChI is InChI=1S/C21H19N3O3S/c1-2-24-19(18(23-21(24)28)15-8-3-4-11-22-15)17-10-9-16(27-17)13-6-5-7-14(12-13)20(25)26/h3-12,18-19H,2H2,1H3,(H,23,28)(H,25,26). The van der Waals surface area contributed by atoms with Crippen LogP contribution in [0.15, 0.2) is 65.2 Å². The monoisotopic (exact) mass is 393 g/mol. The predicted octanol–water partition coefficient (Wildman–Crippen LogP) is 4.03. The zero-order valence-corrected chi connectivity index (χ0v) is 16.0. The first-order valence-corrected chi connectivity index (χ1v) is 9.41. The van der Waals surface area contributed by atoms with E-state index < -0.39 is 5.97 Å². The second-order valence-electron chi connectivity index (χ2n) is 6.50. The van der Waals surface area contributed by atoms with Crippen LogP contribution in [0, 0.1) is 0 Å². The average molecular weight is 393 g/mol. The Balaban J connectivity index is 1.72. The summed E-state index contributed by atoms with van der Waals surface area (Å²) < 4.78 is 6.16. The first-order valence-electron chi connectivity index (χ1n) is 9.00. The lowest BCUT2D eigenvalue weighted by atomic mass is 10.0. The first kappa shape index (κ1) is 18.2. The number of nitrogens with zero attached hydrogens (tertiary/aromatic N) is 2. The van der Waals surface area contributed by atoms with Gasteiger partial charge in [-0.1, -0.05) is 18.2 Å². The Kier molecular flexibility index (Phi) is 4.83. The van der Waals surface area contributed by atoms with Crippen LogP contribution in [-0.2, 0) is 0 Å². The van der Waals surface area contributed by atoms with Gasteiger partial charge in [-0.2, -0.15) is 0 Å². The molecule has 7 heteroatoms. The van der Waals surface area contributed by atoms with Gasteiger partial charge in [-0.3, -0.25) is 4.98 Å². The lowest BCUT2D eigenvalue weighted by molar-refractivity contribution is 0.0697. The normalized spacial score (nSPS) is 18.9. The van der Waals surface area contributed by atoms with E-state index in [1.165, 1.54) is 0 Å². The lowest BCUT2D eigenvalue weighted by Gasteiger charge is -2.24. The predicted molar refractivity (Wildman–Crippen MR) is 109 cm³/mol. The van der Waals surface area contributed by atoms with Crippen LogP contribution < -0.4 is 5.32 Å². The molecule has 1 aromatic carbocycles. The van der Waals surface area contributed by atoms with Crippen molar-refractivity contribution in [1.82, 2.24) is 15.2 Å². The van der Waals surface area contributed by atoms with Crippen LogP contribution in [0.3, 0.4) is 0 Å². The molecule has 0 spiro atoms. The molecule has 3 heterocycles. The first-order chi connectivity index (χ1) is 13.6. The summed E-state index contributed by atoms with van der Waals surface area (Å²) in [5, 5.41) is 13.2. The van der Waals surface area contributed by atoms with E-state index in [2.05, 4.69) is 15.2 Å². The van der Waals surface area contributed by atoms with Gasteiger partial charge in [0.05, 0.1) is 17.3 Å². The molecule has 28 heavy (non-hydrogen) atoms. The SMILES string of the molecule is CCN1C(=S)NC(c2ccccn2)C1c1ccc(-c2cccc(C(=O)O)c2)o1. The van der Waals surface area contributed by atoms with Gasteiger partial charge in [0, 0.05) is 18.3 Å². The zero-order chi connectivity index (χ0) is 19.7. The van der Waals surface area contributed by atoms with Gasteiger partial charge in [0.2, 0.25) is 0 Å². The smallest absolute Gasteiger partial charge is 0.335 e. The van der Waals surface area contributed by atoms with Gasteiger partial charge in [0.15, 0.2) is 5.11 Å². The number of carboxylic acids is 1. The Bertz CT molecular complexity index is 1020. The summed E-state index contributed by atoms with van der Waals surface area (Å²) in [6, 6.07) is 16.0. The molecular weight excluding hydrogens is 374 g/mol. The van der Waals surface area contributed by atoms with Gasteiger partial charge in [-0.05, 0) is 55.5 Å². The molecule has 0 saturated carbocycles. The van der Waals surface area contributed by atoms with Crippen LogP contribution in [-0.4, -0.2) is 32.6 Å². The van der Waals surface area contributed by atoms with Gasteiger partial charge >= 0.3 is 5.97 Å². The van der Waals surface area contributed by atoms with Crippen LogP contribution in [0.2, 0.25) is 0 Å². The van der Waals surface area contributed by atoms with Crippen molar-refractivity contribution in [3.8, 4) is 11.3 Å². The maximum atomic E-state index is 11.2. The van der Waals surface area contributed by atoms with Crippen molar-refractivity contribution >= 4 is 23.3 Å². The van der Waals surface area contributed by atoms with Crippen LogP contribution in [0.1, 0.15) is 40.8 Å². The lowest BCUT2D eigenvalue weighted by Crippen LogP contribution is -2.29. The van der Waals surface area contributed by atoms with Crippen molar-refractivity contribution in [3.63, 3.8) is 0 Å². The molecule has 142 valence electrons. The third kappa shape index (κ3) is 3.25. The molecule has 0 aliphatic carbocycles. The van der Waals surface area contributed by atoms with E-state index in [1.807, 2.05) is 43.3 Å². The fourth-order valence-corrected chi connectivity index (χ4v) is 3.90. The highest BCUT2D eigenvalue weighted by molar-refractivity contribution is 7.80. The summed E-state index contributed by atoms with van der Waals surface area (Å²) in [4.78, 5) is 17.8. The Morgan fingerprint density at radius 2 is 2.11 bits per heavy atom.